The Morgan fingerprint density at radius 2 is 1.76 bits per heavy atom. The molecular formula is C20H30N+. The van der Waals surface area contributed by atoms with E-state index >= 15 is 0 Å². The summed E-state index contributed by atoms with van der Waals surface area (Å²) in [5.74, 6) is 3.91. The number of hydrogen-bond donors (Lipinski definition) is 1. The molecule has 1 nitrogen and oxygen atoms in total. The zero-order valence-corrected chi connectivity index (χ0v) is 13.6. The highest BCUT2D eigenvalue weighted by Gasteiger charge is 2.57. The highest BCUT2D eigenvalue weighted by atomic mass is 14.9. The Morgan fingerprint density at radius 3 is 2.38 bits per heavy atom. The number of rotatable bonds is 4. The van der Waals surface area contributed by atoms with Crippen LogP contribution in [0.5, 0.6) is 0 Å². The maximum Gasteiger partial charge on any atom is 0.0834 e. The van der Waals surface area contributed by atoms with Gasteiger partial charge in [0.1, 0.15) is 0 Å². The Kier molecular flexibility index (Phi) is 3.37. The molecule has 4 aliphatic carbocycles. The second-order valence-corrected chi connectivity index (χ2v) is 8.37. The molecule has 4 saturated carbocycles. The molecule has 114 valence electrons. The van der Waals surface area contributed by atoms with Gasteiger partial charge in [-0.3, -0.25) is 0 Å². The van der Waals surface area contributed by atoms with Crippen LogP contribution in [0, 0.1) is 23.2 Å². The van der Waals surface area contributed by atoms with Crippen molar-refractivity contribution in [2.24, 2.45) is 23.2 Å². The summed E-state index contributed by atoms with van der Waals surface area (Å²) in [6.07, 6.45) is 9.02. The third-order valence-electron chi connectivity index (χ3n) is 6.92. The highest BCUT2D eigenvalue weighted by molar-refractivity contribution is 5.27. The summed E-state index contributed by atoms with van der Waals surface area (Å²) in [7, 11) is 2.25. The molecule has 0 heterocycles. The summed E-state index contributed by atoms with van der Waals surface area (Å²) in [6, 6.07) is 12.3. The molecule has 1 heteroatoms. The summed E-state index contributed by atoms with van der Waals surface area (Å²) >= 11 is 0. The molecule has 1 aromatic carbocycles. The predicted molar refractivity (Wildman–Crippen MR) is 87.1 cm³/mol. The van der Waals surface area contributed by atoms with Crippen molar-refractivity contribution in [2.75, 3.05) is 7.05 Å². The minimum absolute atomic E-state index is 0.613. The average molecular weight is 284 g/mol. The Labute approximate surface area is 129 Å². The van der Waals surface area contributed by atoms with Crippen molar-refractivity contribution in [3.63, 3.8) is 0 Å². The first-order valence-electron chi connectivity index (χ1n) is 9.04. The van der Waals surface area contributed by atoms with E-state index in [0.717, 1.165) is 29.7 Å². The van der Waals surface area contributed by atoms with E-state index in [9.17, 15) is 0 Å². The molecule has 0 aromatic heterocycles. The normalized spacial score (nSPS) is 42.2. The smallest absolute Gasteiger partial charge is 0.0834 e. The minimum Gasteiger partial charge on any atom is -0.346 e. The maximum atomic E-state index is 2.43. The van der Waals surface area contributed by atoms with E-state index in [1.165, 1.54) is 32.1 Å². The van der Waals surface area contributed by atoms with Gasteiger partial charge in [0.2, 0.25) is 0 Å². The fraction of sp³-hybridized carbons (Fsp3) is 0.700. The Balaban J connectivity index is 1.72. The second kappa shape index (κ2) is 5.12. The SMILES string of the molecule is C[NH2+][C@H](C)CC12C[C@@H]3CC(C[C@@H](C3)C1)[C@@H]2c1ccccc1. The molecule has 0 amide bonds. The molecule has 0 radical (unpaired) electrons. The third-order valence-corrected chi connectivity index (χ3v) is 6.92. The lowest BCUT2D eigenvalue weighted by Crippen LogP contribution is -2.86. The second-order valence-electron chi connectivity index (χ2n) is 8.37. The summed E-state index contributed by atoms with van der Waals surface area (Å²) in [5, 5.41) is 2.43. The van der Waals surface area contributed by atoms with Crippen LogP contribution in [-0.2, 0) is 0 Å². The van der Waals surface area contributed by atoms with Gasteiger partial charge in [-0.25, -0.2) is 0 Å². The molecule has 0 saturated heterocycles. The van der Waals surface area contributed by atoms with Crippen molar-refractivity contribution >= 4 is 0 Å². The summed E-state index contributed by atoms with van der Waals surface area (Å²) in [5.41, 5.74) is 2.26. The standard InChI is InChI=1S/C20H29N/c1-14(21-2)11-20-12-15-8-16(13-20)10-18(9-15)19(20)17-6-4-3-5-7-17/h3-7,14-16,18-19,21H,8-13H2,1-2H3/p+1/t14-,15-,16+,18?,19+,20?/m1/s1. The molecular weight excluding hydrogens is 254 g/mol. The van der Waals surface area contributed by atoms with Crippen molar-refractivity contribution in [1.82, 2.24) is 0 Å². The van der Waals surface area contributed by atoms with Crippen LogP contribution >= 0.6 is 0 Å². The van der Waals surface area contributed by atoms with Gasteiger partial charge >= 0.3 is 0 Å². The number of benzene rings is 1. The van der Waals surface area contributed by atoms with Crippen LogP contribution in [0.1, 0.15) is 56.9 Å². The zero-order chi connectivity index (χ0) is 14.4. The fourth-order valence-electron chi connectivity index (χ4n) is 6.55. The van der Waals surface area contributed by atoms with E-state index < -0.39 is 0 Å². The molecule has 2 N–H and O–H groups in total. The lowest BCUT2D eigenvalue weighted by Gasteiger charge is -2.62. The van der Waals surface area contributed by atoms with Crippen molar-refractivity contribution in [1.29, 1.82) is 0 Å². The fourth-order valence-corrected chi connectivity index (χ4v) is 6.55. The van der Waals surface area contributed by atoms with Gasteiger partial charge in [0, 0.05) is 6.42 Å². The Morgan fingerprint density at radius 1 is 1.10 bits per heavy atom. The summed E-state index contributed by atoms with van der Waals surface area (Å²) < 4.78 is 0. The van der Waals surface area contributed by atoms with E-state index in [2.05, 4.69) is 49.6 Å². The van der Waals surface area contributed by atoms with Crippen LogP contribution in [-0.4, -0.2) is 13.1 Å². The van der Waals surface area contributed by atoms with Gasteiger partial charge in [0.25, 0.3) is 0 Å². The number of nitrogens with two attached hydrogens (primary N) is 1. The molecule has 0 aliphatic heterocycles. The molecule has 1 aromatic rings. The van der Waals surface area contributed by atoms with Crippen LogP contribution in [0.3, 0.4) is 0 Å². The van der Waals surface area contributed by atoms with E-state index in [4.69, 9.17) is 0 Å². The van der Waals surface area contributed by atoms with Gasteiger partial charge in [-0.15, -0.1) is 0 Å². The highest BCUT2D eigenvalue weighted by Crippen LogP contribution is 2.67. The van der Waals surface area contributed by atoms with E-state index in [1.807, 2.05) is 0 Å². The molecule has 4 aliphatic rings. The van der Waals surface area contributed by atoms with Gasteiger partial charge in [-0.2, -0.15) is 0 Å². The van der Waals surface area contributed by atoms with Crippen LogP contribution in [0.25, 0.3) is 0 Å². The van der Waals surface area contributed by atoms with E-state index in [1.54, 1.807) is 12.0 Å². The molecule has 21 heavy (non-hydrogen) atoms. The van der Waals surface area contributed by atoms with Gasteiger partial charge in [-0.1, -0.05) is 30.3 Å². The van der Waals surface area contributed by atoms with Crippen molar-refractivity contribution in [3.8, 4) is 0 Å². The lowest BCUT2D eigenvalue weighted by molar-refractivity contribution is -0.663. The van der Waals surface area contributed by atoms with Gasteiger partial charge < -0.3 is 5.32 Å². The molecule has 4 bridgehead atoms. The monoisotopic (exact) mass is 284 g/mol. The van der Waals surface area contributed by atoms with Crippen molar-refractivity contribution < 1.29 is 5.32 Å². The molecule has 4 fully saturated rings. The molecule has 6 atom stereocenters. The number of quaternary nitrogens is 1. The van der Waals surface area contributed by atoms with Crippen LogP contribution in [0.4, 0.5) is 0 Å². The molecule has 2 unspecified atom stereocenters. The number of hydrogen-bond acceptors (Lipinski definition) is 0. The van der Waals surface area contributed by atoms with E-state index in [0.29, 0.717) is 5.41 Å². The minimum atomic E-state index is 0.613. The Bertz CT molecular complexity index is 480. The van der Waals surface area contributed by atoms with Crippen LogP contribution in [0.2, 0.25) is 0 Å². The molecule has 0 spiro atoms. The maximum absolute atomic E-state index is 2.43. The first-order valence-corrected chi connectivity index (χ1v) is 9.04. The topological polar surface area (TPSA) is 16.6 Å². The van der Waals surface area contributed by atoms with Gasteiger partial charge in [0.05, 0.1) is 13.1 Å². The Hall–Kier alpha value is -0.820. The third kappa shape index (κ3) is 2.25. The van der Waals surface area contributed by atoms with Gasteiger partial charge in [-0.05, 0) is 73.7 Å². The largest absolute Gasteiger partial charge is 0.346 e. The van der Waals surface area contributed by atoms with Crippen LogP contribution in [0.15, 0.2) is 30.3 Å². The molecule has 5 rings (SSSR count). The average Bonchev–Trinajstić information content (AvgIpc) is 2.46. The van der Waals surface area contributed by atoms with Crippen molar-refractivity contribution in [2.45, 2.75) is 57.4 Å². The first kappa shape index (κ1) is 13.8. The van der Waals surface area contributed by atoms with Crippen LogP contribution < -0.4 is 5.32 Å². The predicted octanol–water partition coefficient (Wildman–Crippen LogP) is 3.57. The quantitative estimate of drug-likeness (QED) is 0.870. The first-order chi connectivity index (χ1) is 10.2. The zero-order valence-electron chi connectivity index (χ0n) is 13.6. The summed E-state index contributed by atoms with van der Waals surface area (Å²) in [6.45, 7) is 2.43. The van der Waals surface area contributed by atoms with Crippen molar-refractivity contribution in [3.05, 3.63) is 35.9 Å². The van der Waals surface area contributed by atoms with E-state index in [-0.39, 0.29) is 0 Å². The summed E-state index contributed by atoms with van der Waals surface area (Å²) in [4.78, 5) is 0. The lowest BCUT2D eigenvalue weighted by atomic mass is 9.43. The van der Waals surface area contributed by atoms with Gasteiger partial charge in [0.15, 0.2) is 0 Å².